The Kier molecular flexibility index (Phi) is 16.1. The third-order valence-corrected chi connectivity index (χ3v) is 7.93. The quantitative estimate of drug-likeness (QED) is 0.0664. The second-order valence-electron chi connectivity index (χ2n) is 11.8. The van der Waals surface area contributed by atoms with Crippen LogP contribution in [-0.2, 0) is 38.1 Å². The SMILES string of the molecule is CC(=O)N[C@H]1[C@@H](O[C@@H]([C@@H](O)[C@H](O)CO[C@]2(C(=O)O)C[C@H](O)[C@@H](NC(C)=O)[C@H]([C@H](O)[C@H](O)CO)O2)[C@H](CO)NC(C)=O)O[C@H](CO)[C@H](O)[C@@H]1O. The Hall–Kier alpha value is -2.68. The van der Waals surface area contributed by atoms with Crippen LogP contribution < -0.4 is 16.0 Å². The van der Waals surface area contributed by atoms with Gasteiger partial charge in [0.1, 0.15) is 61.0 Å². The van der Waals surface area contributed by atoms with Gasteiger partial charge in [0.15, 0.2) is 6.29 Å². The summed E-state index contributed by atoms with van der Waals surface area (Å²) in [5.74, 6) is -7.11. The molecule has 0 bridgehead atoms. The number of carbonyl (C=O) groups excluding carboxylic acids is 3. The minimum Gasteiger partial charge on any atom is -0.477 e. The van der Waals surface area contributed by atoms with Gasteiger partial charge in [0.25, 0.3) is 5.79 Å². The van der Waals surface area contributed by atoms with E-state index in [9.17, 15) is 75.3 Å². The second-order valence-corrected chi connectivity index (χ2v) is 11.8. The van der Waals surface area contributed by atoms with E-state index in [0.29, 0.717) is 0 Å². The number of carboxylic acid groups (broad SMARTS) is 1. The minimum atomic E-state index is -2.92. The summed E-state index contributed by atoms with van der Waals surface area (Å²) < 4.78 is 22.0. The molecule has 14 N–H and O–H groups in total. The van der Waals surface area contributed by atoms with E-state index < -0.39 is 148 Å². The van der Waals surface area contributed by atoms with Gasteiger partial charge in [0.05, 0.1) is 44.6 Å². The molecule has 0 spiro atoms. The first kappa shape index (κ1) is 42.5. The van der Waals surface area contributed by atoms with E-state index in [2.05, 4.69) is 16.0 Å². The molecule has 22 nitrogen and oxygen atoms in total. The van der Waals surface area contributed by atoms with Crippen molar-refractivity contribution in [3.8, 4) is 0 Å². The third-order valence-electron chi connectivity index (χ3n) is 7.93. The Morgan fingerprint density at radius 2 is 1.45 bits per heavy atom. The van der Waals surface area contributed by atoms with Crippen molar-refractivity contribution in [2.75, 3.05) is 26.4 Å². The number of aliphatic hydroxyl groups is 10. The molecule has 2 aliphatic heterocycles. The lowest BCUT2D eigenvalue weighted by Crippen LogP contribution is -2.68. The smallest absolute Gasteiger partial charge is 0.364 e. The highest BCUT2D eigenvalue weighted by molar-refractivity contribution is 5.76. The molecule has 2 fully saturated rings. The van der Waals surface area contributed by atoms with E-state index in [1.54, 1.807) is 0 Å². The van der Waals surface area contributed by atoms with Crippen molar-refractivity contribution < 1.29 is 94.3 Å². The number of aliphatic carboxylic acids is 1. The van der Waals surface area contributed by atoms with Crippen molar-refractivity contribution in [2.24, 2.45) is 0 Å². The lowest BCUT2D eigenvalue weighted by atomic mass is 9.88. The molecule has 2 saturated heterocycles. The molecule has 22 heteroatoms. The molecule has 0 radical (unpaired) electrons. The number of nitrogens with one attached hydrogen (secondary N) is 3. The number of ether oxygens (including phenoxy) is 4. The van der Waals surface area contributed by atoms with Crippen LogP contribution in [-0.4, -0.2) is 198 Å². The van der Waals surface area contributed by atoms with Gasteiger partial charge in [-0.1, -0.05) is 0 Å². The molecule has 0 aromatic rings. The van der Waals surface area contributed by atoms with Crippen LogP contribution in [0.4, 0.5) is 0 Å². The zero-order chi connectivity index (χ0) is 37.4. The predicted octanol–water partition coefficient (Wildman–Crippen LogP) is -8.30. The van der Waals surface area contributed by atoms with Crippen molar-refractivity contribution >= 4 is 23.7 Å². The molecule has 0 aromatic carbocycles. The normalized spacial score (nSPS) is 34.1. The van der Waals surface area contributed by atoms with Crippen molar-refractivity contribution in [2.45, 2.75) is 118 Å². The highest BCUT2D eigenvalue weighted by Crippen LogP contribution is 2.34. The number of amides is 3. The fourth-order valence-electron chi connectivity index (χ4n) is 5.46. The Balaban J connectivity index is 2.42. The molecular weight excluding hydrogens is 670 g/mol. The maximum absolute atomic E-state index is 12.4. The molecule has 49 heavy (non-hydrogen) atoms. The van der Waals surface area contributed by atoms with E-state index >= 15 is 0 Å². The second kappa shape index (κ2) is 18.5. The standard InChI is InChI=1S/C27H47N3O19/c1-9(34)28-12(5-31)23(48-25-18(30-11(3)36)22(43)21(42)16(7-33)47-25)20(41)15(39)8-46-27(26(44)45)4-13(37)17(29-10(2)35)24(49-27)19(40)14(38)6-32/h12-25,31-33,37-43H,4-8H2,1-3H3,(H,28,34)(H,29,35)(H,30,36)(H,44,45)/t12-,13-,14+,15+,16+,17+,18+,19+,20-,21-,22+,23+,24+,25+,27+/m0/s1. The van der Waals surface area contributed by atoms with Gasteiger partial charge in [-0.05, 0) is 0 Å². The highest BCUT2D eigenvalue weighted by Gasteiger charge is 2.56. The first-order valence-electron chi connectivity index (χ1n) is 15.1. The van der Waals surface area contributed by atoms with E-state index in [0.717, 1.165) is 20.8 Å². The molecule has 0 unspecified atom stereocenters. The average molecular weight is 718 g/mol. The summed E-state index contributed by atoms with van der Waals surface area (Å²) in [6.07, 6.45) is -22.0. The zero-order valence-corrected chi connectivity index (χ0v) is 26.8. The van der Waals surface area contributed by atoms with Crippen LogP contribution in [0.5, 0.6) is 0 Å². The van der Waals surface area contributed by atoms with E-state index in [-0.39, 0.29) is 0 Å². The van der Waals surface area contributed by atoms with E-state index in [4.69, 9.17) is 18.9 Å². The summed E-state index contributed by atoms with van der Waals surface area (Å²) in [5, 5.41) is 120. The Labute approximate surface area is 279 Å². The van der Waals surface area contributed by atoms with Crippen molar-refractivity contribution in [1.82, 2.24) is 16.0 Å². The van der Waals surface area contributed by atoms with Crippen LogP contribution in [0.3, 0.4) is 0 Å². The molecule has 2 heterocycles. The summed E-state index contributed by atoms with van der Waals surface area (Å²) in [6.45, 7) is -0.929. The Bertz CT molecular complexity index is 1120. The summed E-state index contributed by atoms with van der Waals surface area (Å²) in [6, 6.07) is -4.67. The van der Waals surface area contributed by atoms with Crippen molar-refractivity contribution in [1.29, 1.82) is 0 Å². The zero-order valence-electron chi connectivity index (χ0n) is 26.8. The summed E-state index contributed by atoms with van der Waals surface area (Å²) in [4.78, 5) is 47.9. The van der Waals surface area contributed by atoms with Crippen LogP contribution >= 0.6 is 0 Å². The molecule has 0 aliphatic carbocycles. The van der Waals surface area contributed by atoms with Gasteiger partial charge >= 0.3 is 5.97 Å². The lowest BCUT2D eigenvalue weighted by molar-refractivity contribution is -0.320. The number of hydrogen-bond donors (Lipinski definition) is 14. The highest BCUT2D eigenvalue weighted by atomic mass is 16.7. The average Bonchev–Trinajstić information content (AvgIpc) is 3.03. The number of rotatable bonds is 17. The molecule has 284 valence electrons. The van der Waals surface area contributed by atoms with Crippen LogP contribution in [0.1, 0.15) is 27.2 Å². The number of hydrogen-bond acceptors (Lipinski definition) is 18. The Morgan fingerprint density at radius 3 is 1.94 bits per heavy atom. The van der Waals surface area contributed by atoms with Gasteiger partial charge in [-0.3, -0.25) is 14.4 Å². The summed E-state index contributed by atoms with van der Waals surface area (Å²) >= 11 is 0. The molecule has 0 aromatic heterocycles. The number of carbonyl (C=O) groups is 4. The predicted molar refractivity (Wildman–Crippen MR) is 155 cm³/mol. The van der Waals surface area contributed by atoms with E-state index in [1.165, 1.54) is 0 Å². The van der Waals surface area contributed by atoms with Gasteiger partial charge in [0.2, 0.25) is 17.7 Å². The first-order chi connectivity index (χ1) is 22.8. The topological polar surface area (TPSA) is 364 Å². The van der Waals surface area contributed by atoms with Crippen molar-refractivity contribution in [3.63, 3.8) is 0 Å². The van der Waals surface area contributed by atoms with Crippen LogP contribution in [0.2, 0.25) is 0 Å². The Morgan fingerprint density at radius 1 is 0.857 bits per heavy atom. The third kappa shape index (κ3) is 10.7. The maximum Gasteiger partial charge on any atom is 0.364 e. The van der Waals surface area contributed by atoms with Gasteiger partial charge in [-0.2, -0.15) is 0 Å². The molecule has 15 atom stereocenters. The molecular formula is C27H47N3O19. The number of carboxylic acids is 1. The first-order valence-corrected chi connectivity index (χ1v) is 15.1. The minimum absolute atomic E-state index is 0.744. The van der Waals surface area contributed by atoms with Crippen molar-refractivity contribution in [3.05, 3.63) is 0 Å². The largest absolute Gasteiger partial charge is 0.477 e. The monoisotopic (exact) mass is 717 g/mol. The fourth-order valence-corrected chi connectivity index (χ4v) is 5.46. The van der Waals surface area contributed by atoms with Gasteiger partial charge in [0, 0.05) is 27.2 Å². The van der Waals surface area contributed by atoms with Crippen LogP contribution in [0, 0.1) is 0 Å². The fraction of sp³-hybridized carbons (Fsp3) is 0.852. The van der Waals surface area contributed by atoms with Gasteiger partial charge in [-0.15, -0.1) is 0 Å². The van der Waals surface area contributed by atoms with Crippen LogP contribution in [0.15, 0.2) is 0 Å². The summed E-state index contributed by atoms with van der Waals surface area (Å²) in [5.41, 5.74) is 0. The van der Waals surface area contributed by atoms with Gasteiger partial charge in [-0.25, -0.2) is 4.79 Å². The lowest BCUT2D eigenvalue weighted by Gasteiger charge is -2.47. The van der Waals surface area contributed by atoms with Gasteiger partial charge < -0.3 is 91.1 Å². The maximum atomic E-state index is 12.4. The molecule has 2 rings (SSSR count). The molecule has 0 saturated carbocycles. The summed E-state index contributed by atoms with van der Waals surface area (Å²) in [7, 11) is 0. The number of aliphatic hydroxyl groups excluding tert-OH is 10. The van der Waals surface area contributed by atoms with E-state index in [1.807, 2.05) is 0 Å². The molecule has 3 amide bonds. The van der Waals surface area contributed by atoms with Crippen LogP contribution in [0.25, 0.3) is 0 Å². The molecule has 2 aliphatic rings.